The summed E-state index contributed by atoms with van der Waals surface area (Å²) in [7, 11) is 1.22. The van der Waals surface area contributed by atoms with E-state index in [-0.39, 0.29) is 17.2 Å². The molecule has 1 heterocycles. The molecule has 7 heteroatoms. The first kappa shape index (κ1) is 19.7. The molecule has 2 N–H and O–H groups in total. The van der Waals surface area contributed by atoms with Gasteiger partial charge < -0.3 is 15.0 Å². The third-order valence-corrected chi connectivity index (χ3v) is 5.28. The molecule has 0 aliphatic heterocycles. The highest BCUT2D eigenvalue weighted by Crippen LogP contribution is 2.23. The zero-order chi connectivity index (χ0) is 20.3. The van der Waals surface area contributed by atoms with Crippen LogP contribution in [-0.4, -0.2) is 29.7 Å². The van der Waals surface area contributed by atoms with Crippen LogP contribution in [0.1, 0.15) is 21.5 Å². The van der Waals surface area contributed by atoms with Gasteiger partial charge in [0.05, 0.1) is 23.4 Å². The van der Waals surface area contributed by atoms with Gasteiger partial charge in [-0.1, -0.05) is 36.0 Å². The van der Waals surface area contributed by atoms with Crippen LogP contribution >= 0.6 is 11.8 Å². The van der Waals surface area contributed by atoms with Gasteiger partial charge in [-0.2, -0.15) is 0 Å². The molecule has 144 valence electrons. The average molecular weight is 396 g/mol. The van der Waals surface area contributed by atoms with Crippen LogP contribution in [0.4, 0.5) is 5.69 Å². The maximum absolute atomic E-state index is 12.7. The van der Waals surface area contributed by atoms with Crippen molar-refractivity contribution in [3.63, 3.8) is 0 Å². The van der Waals surface area contributed by atoms with Crippen LogP contribution in [0.2, 0.25) is 0 Å². The molecule has 3 aromatic rings. The number of H-pyrrole nitrogens is 1. The number of fused-ring (bicyclic) bond motifs is 1. The summed E-state index contributed by atoms with van der Waals surface area (Å²) >= 11 is 1.09. The minimum absolute atomic E-state index is 0.0334. The molecule has 2 aromatic carbocycles. The Morgan fingerprint density at radius 3 is 2.64 bits per heavy atom. The Labute approximate surface area is 166 Å². The molecule has 1 amide bonds. The number of carbonyl (C=O) groups excluding carboxylic acids is 2. The van der Waals surface area contributed by atoms with Crippen molar-refractivity contribution in [2.45, 2.75) is 18.9 Å². The number of methoxy groups -OCH3 is 1. The van der Waals surface area contributed by atoms with Gasteiger partial charge in [-0.25, -0.2) is 4.79 Å². The molecule has 0 bridgehead atoms. The largest absolute Gasteiger partial charge is 0.465 e. The van der Waals surface area contributed by atoms with Gasteiger partial charge in [0.2, 0.25) is 11.3 Å². The molecule has 0 aliphatic carbocycles. The van der Waals surface area contributed by atoms with E-state index in [1.165, 1.54) is 7.11 Å². The van der Waals surface area contributed by atoms with Gasteiger partial charge in [0.15, 0.2) is 0 Å². The van der Waals surface area contributed by atoms with Crippen molar-refractivity contribution < 1.29 is 14.3 Å². The van der Waals surface area contributed by atoms with E-state index >= 15 is 0 Å². The SMILES string of the molecule is COC(=O)c1c(SCC(=O)Nc2cc(C)ccc2C)[nH]c2ccccc2c1=O. The van der Waals surface area contributed by atoms with Crippen LogP contribution in [-0.2, 0) is 9.53 Å². The van der Waals surface area contributed by atoms with Gasteiger partial charge >= 0.3 is 5.97 Å². The number of benzene rings is 2. The highest BCUT2D eigenvalue weighted by Gasteiger charge is 2.20. The zero-order valence-corrected chi connectivity index (χ0v) is 16.6. The third-order valence-electron chi connectivity index (χ3n) is 4.28. The predicted octanol–water partition coefficient (Wildman–Crippen LogP) is 3.66. The van der Waals surface area contributed by atoms with Gasteiger partial charge in [0.1, 0.15) is 5.56 Å². The third kappa shape index (κ3) is 4.09. The standard InChI is InChI=1S/C21H20N2O4S/c1-12-8-9-13(2)16(10-12)22-17(24)11-28-20-18(21(26)27-3)19(25)14-6-4-5-7-15(14)23-20/h4-10H,11H2,1-3H3,(H,22,24)(H,23,25). The summed E-state index contributed by atoms with van der Waals surface area (Å²) in [5.74, 6) is -0.931. The van der Waals surface area contributed by atoms with E-state index in [2.05, 4.69) is 10.3 Å². The number of para-hydroxylation sites is 1. The second-order valence-electron chi connectivity index (χ2n) is 6.35. The first-order valence-corrected chi connectivity index (χ1v) is 9.62. The van der Waals surface area contributed by atoms with Crippen LogP contribution in [0.3, 0.4) is 0 Å². The lowest BCUT2D eigenvalue weighted by Gasteiger charge is -2.11. The summed E-state index contributed by atoms with van der Waals surface area (Å²) < 4.78 is 4.77. The van der Waals surface area contributed by atoms with Gasteiger partial charge in [-0.05, 0) is 43.2 Å². The van der Waals surface area contributed by atoms with Crippen molar-refractivity contribution in [3.8, 4) is 0 Å². The Hall–Kier alpha value is -3.06. The maximum Gasteiger partial charge on any atom is 0.344 e. The highest BCUT2D eigenvalue weighted by molar-refractivity contribution is 8.00. The first-order chi connectivity index (χ1) is 13.4. The number of thioether (sulfide) groups is 1. The number of aryl methyl sites for hydroxylation is 2. The Balaban J connectivity index is 1.87. The number of carbonyl (C=O) groups is 2. The van der Waals surface area contributed by atoms with Crippen LogP contribution in [0.15, 0.2) is 52.3 Å². The van der Waals surface area contributed by atoms with E-state index in [1.807, 2.05) is 32.0 Å². The molecule has 3 rings (SSSR count). The number of aromatic amines is 1. The molecular formula is C21H20N2O4S. The fraction of sp³-hybridized carbons (Fsp3) is 0.190. The van der Waals surface area contributed by atoms with Crippen molar-refractivity contribution in [1.29, 1.82) is 0 Å². The number of ether oxygens (including phenoxy) is 1. The van der Waals surface area contributed by atoms with Crippen molar-refractivity contribution in [3.05, 3.63) is 69.4 Å². The summed E-state index contributed by atoms with van der Waals surface area (Å²) in [5, 5.41) is 3.57. The summed E-state index contributed by atoms with van der Waals surface area (Å²) in [4.78, 5) is 40.4. The Kier molecular flexibility index (Phi) is 5.84. The number of pyridine rings is 1. The van der Waals surface area contributed by atoms with E-state index < -0.39 is 11.4 Å². The van der Waals surface area contributed by atoms with E-state index in [0.717, 1.165) is 28.6 Å². The average Bonchev–Trinajstić information content (AvgIpc) is 2.69. The van der Waals surface area contributed by atoms with E-state index in [0.29, 0.717) is 15.9 Å². The molecular weight excluding hydrogens is 376 g/mol. The zero-order valence-electron chi connectivity index (χ0n) is 15.8. The molecule has 0 atom stereocenters. The highest BCUT2D eigenvalue weighted by atomic mass is 32.2. The van der Waals surface area contributed by atoms with Crippen LogP contribution in [0, 0.1) is 13.8 Å². The second kappa shape index (κ2) is 8.31. The maximum atomic E-state index is 12.7. The number of nitrogens with one attached hydrogen (secondary N) is 2. The van der Waals surface area contributed by atoms with Crippen molar-refractivity contribution in [2.75, 3.05) is 18.2 Å². The normalized spacial score (nSPS) is 10.7. The van der Waals surface area contributed by atoms with Crippen molar-refractivity contribution in [1.82, 2.24) is 4.98 Å². The topological polar surface area (TPSA) is 88.3 Å². The minimum Gasteiger partial charge on any atom is -0.465 e. The molecule has 0 aliphatic rings. The lowest BCUT2D eigenvalue weighted by Crippen LogP contribution is -2.20. The van der Waals surface area contributed by atoms with Crippen LogP contribution in [0.5, 0.6) is 0 Å². The molecule has 0 fully saturated rings. The van der Waals surface area contributed by atoms with Gasteiger partial charge in [-0.15, -0.1) is 0 Å². The molecule has 0 unspecified atom stereocenters. The number of hydrogen-bond acceptors (Lipinski definition) is 5. The molecule has 0 saturated carbocycles. The summed E-state index contributed by atoms with van der Waals surface area (Å²) in [5.41, 5.74) is 2.83. The van der Waals surface area contributed by atoms with E-state index in [1.54, 1.807) is 24.3 Å². The lowest BCUT2D eigenvalue weighted by molar-refractivity contribution is -0.113. The predicted molar refractivity (Wildman–Crippen MR) is 111 cm³/mol. The first-order valence-electron chi connectivity index (χ1n) is 8.64. The summed E-state index contributed by atoms with van der Waals surface area (Å²) in [6.07, 6.45) is 0. The van der Waals surface area contributed by atoms with Crippen molar-refractivity contribution in [2.24, 2.45) is 0 Å². The number of amides is 1. The fourth-order valence-electron chi connectivity index (χ4n) is 2.80. The quantitative estimate of drug-likeness (QED) is 0.508. The monoisotopic (exact) mass is 396 g/mol. The Morgan fingerprint density at radius 2 is 1.89 bits per heavy atom. The number of hydrogen-bond donors (Lipinski definition) is 2. The van der Waals surface area contributed by atoms with E-state index in [9.17, 15) is 14.4 Å². The Bertz CT molecular complexity index is 1120. The summed E-state index contributed by atoms with van der Waals surface area (Å²) in [6.45, 7) is 3.87. The lowest BCUT2D eigenvalue weighted by atomic mass is 10.1. The molecule has 1 aromatic heterocycles. The van der Waals surface area contributed by atoms with Gasteiger partial charge in [-0.3, -0.25) is 9.59 Å². The number of aromatic nitrogens is 1. The molecule has 0 saturated heterocycles. The van der Waals surface area contributed by atoms with Gasteiger partial charge in [0, 0.05) is 11.1 Å². The van der Waals surface area contributed by atoms with Crippen LogP contribution < -0.4 is 10.7 Å². The molecule has 6 nitrogen and oxygen atoms in total. The second-order valence-corrected chi connectivity index (χ2v) is 7.34. The number of rotatable bonds is 5. The molecule has 28 heavy (non-hydrogen) atoms. The fourth-order valence-corrected chi connectivity index (χ4v) is 3.65. The van der Waals surface area contributed by atoms with Crippen molar-refractivity contribution >= 4 is 40.2 Å². The minimum atomic E-state index is -0.732. The summed E-state index contributed by atoms with van der Waals surface area (Å²) in [6, 6.07) is 12.7. The Morgan fingerprint density at radius 1 is 1.14 bits per heavy atom. The van der Waals surface area contributed by atoms with E-state index in [4.69, 9.17) is 4.74 Å². The van der Waals surface area contributed by atoms with Gasteiger partial charge in [0.25, 0.3) is 0 Å². The number of esters is 1. The van der Waals surface area contributed by atoms with Crippen LogP contribution in [0.25, 0.3) is 10.9 Å². The number of anilines is 1. The smallest absolute Gasteiger partial charge is 0.344 e. The molecule has 0 spiro atoms. The molecule has 0 radical (unpaired) electrons.